The number of carbonyl (C=O) groups excluding carboxylic acids is 2. The number of hydrogen-bond acceptors (Lipinski definition) is 5. The number of aryl methyl sites for hydroxylation is 1. The Morgan fingerprint density at radius 3 is 2.67 bits per heavy atom. The zero-order valence-corrected chi connectivity index (χ0v) is 21.8. The SMILES string of the molecule is CC(C)(C)OC(=O)CCC(=O)Nc1ccc2c(c1)CCC1C2CC[C@]2(C)C(c3cncnc3)=CCC12. The van der Waals surface area contributed by atoms with Crippen molar-refractivity contribution in [2.24, 2.45) is 17.3 Å². The van der Waals surface area contributed by atoms with E-state index in [1.165, 1.54) is 41.5 Å². The van der Waals surface area contributed by atoms with E-state index in [1.54, 1.807) is 6.33 Å². The van der Waals surface area contributed by atoms with Crippen LogP contribution in [0.25, 0.3) is 5.57 Å². The lowest BCUT2D eigenvalue weighted by atomic mass is 9.54. The number of aromatic nitrogens is 2. The fraction of sp³-hybridized carbons (Fsp3) is 0.533. The third kappa shape index (κ3) is 4.82. The third-order valence-corrected chi connectivity index (χ3v) is 8.44. The molecule has 3 unspecified atom stereocenters. The van der Waals surface area contributed by atoms with Crippen LogP contribution >= 0.6 is 0 Å². The molecule has 1 saturated carbocycles. The number of carbonyl (C=O) groups is 2. The highest BCUT2D eigenvalue weighted by Gasteiger charge is 2.51. The standard InChI is InChI=1S/C30H37N3O3/c1-29(2,3)36-28(35)12-11-27(34)33-21-6-8-22-19(15-21)5-7-24-23(22)13-14-30(4)25(9-10-26(24)30)20-16-31-18-32-17-20/h6,8-9,15-18,23-24,26H,5,7,10-14H2,1-4H3,(H,33,34)/t23?,24?,26?,30-/m1/s1. The lowest BCUT2D eigenvalue weighted by Crippen LogP contribution is -2.40. The quantitative estimate of drug-likeness (QED) is 0.517. The van der Waals surface area contributed by atoms with Crippen molar-refractivity contribution in [2.45, 2.75) is 84.2 Å². The number of allylic oxidation sites excluding steroid dienone is 2. The van der Waals surface area contributed by atoms with Crippen molar-refractivity contribution in [1.82, 2.24) is 9.97 Å². The van der Waals surface area contributed by atoms with Crippen LogP contribution in [-0.4, -0.2) is 27.4 Å². The molecule has 190 valence electrons. The number of nitrogens with zero attached hydrogens (tertiary/aromatic N) is 2. The molecule has 6 heteroatoms. The summed E-state index contributed by atoms with van der Waals surface area (Å²) < 4.78 is 5.30. The summed E-state index contributed by atoms with van der Waals surface area (Å²) >= 11 is 0. The highest BCUT2D eigenvalue weighted by atomic mass is 16.6. The minimum atomic E-state index is -0.535. The van der Waals surface area contributed by atoms with Gasteiger partial charge in [-0.3, -0.25) is 9.59 Å². The van der Waals surface area contributed by atoms with Crippen LogP contribution in [0.4, 0.5) is 5.69 Å². The minimum absolute atomic E-state index is 0.0864. The molecule has 0 spiro atoms. The Morgan fingerprint density at radius 1 is 1.14 bits per heavy atom. The minimum Gasteiger partial charge on any atom is -0.460 e. The van der Waals surface area contributed by atoms with Crippen molar-refractivity contribution >= 4 is 23.1 Å². The van der Waals surface area contributed by atoms with E-state index in [0.29, 0.717) is 17.8 Å². The van der Waals surface area contributed by atoms with Crippen LogP contribution < -0.4 is 5.32 Å². The van der Waals surface area contributed by atoms with Crippen molar-refractivity contribution in [2.75, 3.05) is 5.32 Å². The summed E-state index contributed by atoms with van der Waals surface area (Å²) in [6, 6.07) is 6.40. The van der Waals surface area contributed by atoms with Gasteiger partial charge in [-0.05, 0) is 105 Å². The number of rotatable bonds is 5. The maximum Gasteiger partial charge on any atom is 0.306 e. The third-order valence-electron chi connectivity index (χ3n) is 8.44. The Labute approximate surface area is 214 Å². The van der Waals surface area contributed by atoms with E-state index in [2.05, 4.69) is 40.4 Å². The summed E-state index contributed by atoms with van der Waals surface area (Å²) in [6.07, 6.45) is 13.9. The van der Waals surface area contributed by atoms with Gasteiger partial charge in [0.2, 0.25) is 5.91 Å². The van der Waals surface area contributed by atoms with E-state index >= 15 is 0 Å². The average Bonchev–Trinajstić information content (AvgIpc) is 3.19. The lowest BCUT2D eigenvalue weighted by Gasteiger charge is -2.50. The van der Waals surface area contributed by atoms with Crippen molar-refractivity contribution < 1.29 is 14.3 Å². The maximum absolute atomic E-state index is 12.5. The Balaban J connectivity index is 1.24. The Kier molecular flexibility index (Phi) is 6.48. The monoisotopic (exact) mass is 487 g/mol. The second-order valence-electron chi connectivity index (χ2n) is 11.9. The number of amides is 1. The molecule has 3 aliphatic rings. The van der Waals surface area contributed by atoms with Gasteiger partial charge in [0, 0.05) is 30.1 Å². The van der Waals surface area contributed by atoms with Gasteiger partial charge in [-0.15, -0.1) is 0 Å². The van der Waals surface area contributed by atoms with E-state index < -0.39 is 5.60 Å². The van der Waals surface area contributed by atoms with Crippen molar-refractivity contribution in [3.05, 3.63) is 59.7 Å². The summed E-state index contributed by atoms with van der Waals surface area (Å²) in [6.45, 7) is 7.94. The van der Waals surface area contributed by atoms with Gasteiger partial charge in [0.05, 0.1) is 6.42 Å². The molecule has 0 bridgehead atoms. The van der Waals surface area contributed by atoms with E-state index in [-0.39, 0.29) is 30.1 Å². The van der Waals surface area contributed by atoms with E-state index in [0.717, 1.165) is 18.5 Å². The number of fused-ring (bicyclic) bond motifs is 5. The van der Waals surface area contributed by atoms with Gasteiger partial charge in [0.1, 0.15) is 11.9 Å². The predicted octanol–water partition coefficient (Wildman–Crippen LogP) is 6.09. The molecule has 36 heavy (non-hydrogen) atoms. The van der Waals surface area contributed by atoms with Gasteiger partial charge < -0.3 is 10.1 Å². The van der Waals surface area contributed by atoms with Crippen LogP contribution in [0.15, 0.2) is 43.0 Å². The number of anilines is 1. The molecule has 3 aliphatic carbocycles. The first kappa shape index (κ1) is 24.7. The second kappa shape index (κ2) is 9.45. The van der Waals surface area contributed by atoms with E-state index in [1.807, 2.05) is 39.2 Å². The summed E-state index contributed by atoms with van der Waals surface area (Å²) in [5, 5.41) is 2.98. The summed E-state index contributed by atoms with van der Waals surface area (Å²) in [5.74, 6) is 1.39. The lowest BCUT2D eigenvalue weighted by molar-refractivity contribution is -0.155. The van der Waals surface area contributed by atoms with Crippen molar-refractivity contribution in [1.29, 1.82) is 0 Å². The van der Waals surface area contributed by atoms with Crippen molar-refractivity contribution in [3.63, 3.8) is 0 Å². The normalized spacial score (nSPS) is 26.8. The van der Waals surface area contributed by atoms with Gasteiger partial charge in [0.15, 0.2) is 0 Å². The van der Waals surface area contributed by atoms with E-state index in [4.69, 9.17) is 4.74 Å². The van der Waals surface area contributed by atoms with Gasteiger partial charge in [-0.25, -0.2) is 9.97 Å². The molecular formula is C30H37N3O3. The van der Waals surface area contributed by atoms with Crippen molar-refractivity contribution in [3.8, 4) is 0 Å². The second-order valence-corrected chi connectivity index (χ2v) is 11.9. The molecule has 5 rings (SSSR count). The number of nitrogens with one attached hydrogen (secondary N) is 1. The van der Waals surface area contributed by atoms with Crippen LogP contribution in [0.3, 0.4) is 0 Å². The topological polar surface area (TPSA) is 81.2 Å². The molecule has 1 amide bonds. The maximum atomic E-state index is 12.5. The van der Waals surface area contributed by atoms with Gasteiger partial charge in [-0.1, -0.05) is 19.1 Å². The fourth-order valence-electron chi connectivity index (χ4n) is 6.94. The molecule has 1 heterocycles. The van der Waals surface area contributed by atoms with Crippen LogP contribution in [0, 0.1) is 17.3 Å². The zero-order chi connectivity index (χ0) is 25.5. The molecule has 2 aromatic rings. The Morgan fingerprint density at radius 2 is 1.92 bits per heavy atom. The zero-order valence-electron chi connectivity index (χ0n) is 21.8. The van der Waals surface area contributed by atoms with Crippen LogP contribution in [0.1, 0.15) is 88.8 Å². The first-order valence-corrected chi connectivity index (χ1v) is 13.2. The number of benzene rings is 1. The molecule has 0 aliphatic heterocycles. The molecule has 0 saturated heterocycles. The fourth-order valence-corrected chi connectivity index (χ4v) is 6.94. The molecule has 4 atom stereocenters. The number of ether oxygens (including phenoxy) is 1. The summed E-state index contributed by atoms with van der Waals surface area (Å²) in [7, 11) is 0. The molecule has 1 aromatic heterocycles. The van der Waals surface area contributed by atoms with Gasteiger partial charge in [0.25, 0.3) is 0 Å². The number of hydrogen-bond donors (Lipinski definition) is 1. The van der Waals surface area contributed by atoms with Crippen LogP contribution in [0.5, 0.6) is 0 Å². The summed E-state index contributed by atoms with van der Waals surface area (Å²) in [4.78, 5) is 32.9. The first-order chi connectivity index (χ1) is 17.1. The molecular weight excluding hydrogens is 450 g/mol. The Hall–Kier alpha value is -3.02. The van der Waals surface area contributed by atoms with E-state index in [9.17, 15) is 9.59 Å². The van der Waals surface area contributed by atoms with Gasteiger partial charge in [-0.2, -0.15) is 0 Å². The van der Waals surface area contributed by atoms with Crippen LogP contribution in [0.2, 0.25) is 0 Å². The largest absolute Gasteiger partial charge is 0.460 e. The molecule has 0 radical (unpaired) electrons. The number of esters is 1. The average molecular weight is 488 g/mol. The Bertz CT molecular complexity index is 1180. The molecule has 1 fully saturated rings. The molecule has 6 nitrogen and oxygen atoms in total. The predicted molar refractivity (Wildman–Crippen MR) is 140 cm³/mol. The van der Waals surface area contributed by atoms with Crippen LogP contribution in [-0.2, 0) is 20.7 Å². The highest BCUT2D eigenvalue weighted by Crippen LogP contribution is 2.63. The first-order valence-electron chi connectivity index (χ1n) is 13.2. The molecule has 1 aromatic carbocycles. The molecule has 1 N–H and O–H groups in total. The highest BCUT2D eigenvalue weighted by molar-refractivity contribution is 5.92. The van der Waals surface area contributed by atoms with Gasteiger partial charge >= 0.3 is 5.97 Å². The smallest absolute Gasteiger partial charge is 0.306 e. The summed E-state index contributed by atoms with van der Waals surface area (Å²) in [5.41, 5.74) is 5.88.